The van der Waals surface area contributed by atoms with Crippen LogP contribution in [0.1, 0.15) is 33.4 Å². The summed E-state index contributed by atoms with van der Waals surface area (Å²) in [6.45, 7) is 3.65. The molecule has 0 fully saturated rings. The fourth-order valence-electron chi connectivity index (χ4n) is 2.76. The van der Waals surface area contributed by atoms with Crippen molar-refractivity contribution < 1.29 is 8.78 Å². The van der Waals surface area contributed by atoms with Crippen LogP contribution in [0.15, 0.2) is 60.7 Å². The average molecular weight is 322 g/mol. The van der Waals surface area contributed by atoms with Gasteiger partial charge in [-0.1, -0.05) is 66.2 Å². The molecule has 0 radical (unpaired) electrons. The molecule has 122 valence electrons. The van der Waals surface area contributed by atoms with Crippen molar-refractivity contribution in [1.29, 1.82) is 0 Å². The third-order valence-corrected chi connectivity index (χ3v) is 4.30. The first-order chi connectivity index (χ1) is 11.5. The van der Waals surface area contributed by atoms with Gasteiger partial charge in [-0.25, -0.2) is 8.78 Å². The molecule has 3 rings (SSSR count). The molecule has 0 atom stereocenters. The van der Waals surface area contributed by atoms with Gasteiger partial charge in [0.2, 0.25) is 0 Å². The predicted octanol–water partition coefficient (Wildman–Crippen LogP) is 5.76. The standard InChI is InChI=1S/C22H20F2/c1-15-3-6-17(7-4-15)13-18-8-10-19(11-9-18)14-20-12-5-16(2)21(23)22(20)24/h3-12H,13-14H2,1-2H3. The first-order valence-corrected chi connectivity index (χ1v) is 8.10. The normalized spacial score (nSPS) is 10.8. The Labute approximate surface area is 141 Å². The zero-order chi connectivity index (χ0) is 17.1. The summed E-state index contributed by atoms with van der Waals surface area (Å²) in [5.41, 5.74) is 5.43. The van der Waals surface area contributed by atoms with E-state index in [0.29, 0.717) is 17.5 Å². The number of benzene rings is 3. The second-order valence-electron chi connectivity index (χ2n) is 6.33. The molecule has 3 aromatic carbocycles. The van der Waals surface area contributed by atoms with Gasteiger partial charge >= 0.3 is 0 Å². The highest BCUT2D eigenvalue weighted by Crippen LogP contribution is 2.20. The largest absolute Gasteiger partial charge is 0.203 e. The Morgan fingerprint density at radius 1 is 0.583 bits per heavy atom. The van der Waals surface area contributed by atoms with Crippen LogP contribution in [0.4, 0.5) is 8.78 Å². The predicted molar refractivity (Wildman–Crippen MR) is 94.3 cm³/mol. The van der Waals surface area contributed by atoms with Gasteiger partial charge in [-0.2, -0.15) is 0 Å². The van der Waals surface area contributed by atoms with Crippen LogP contribution in [0.5, 0.6) is 0 Å². The van der Waals surface area contributed by atoms with E-state index >= 15 is 0 Å². The van der Waals surface area contributed by atoms with E-state index in [9.17, 15) is 8.78 Å². The van der Waals surface area contributed by atoms with Crippen molar-refractivity contribution in [2.24, 2.45) is 0 Å². The van der Waals surface area contributed by atoms with Gasteiger partial charge in [-0.3, -0.25) is 0 Å². The molecule has 0 amide bonds. The van der Waals surface area contributed by atoms with Crippen molar-refractivity contribution in [2.75, 3.05) is 0 Å². The van der Waals surface area contributed by atoms with Crippen molar-refractivity contribution in [3.63, 3.8) is 0 Å². The summed E-state index contributed by atoms with van der Waals surface area (Å²) >= 11 is 0. The molecule has 0 saturated carbocycles. The summed E-state index contributed by atoms with van der Waals surface area (Å²) in [4.78, 5) is 0. The van der Waals surface area contributed by atoms with E-state index < -0.39 is 11.6 Å². The minimum absolute atomic E-state index is 0.338. The molecule has 0 saturated heterocycles. The van der Waals surface area contributed by atoms with Crippen LogP contribution >= 0.6 is 0 Å². The third kappa shape index (κ3) is 3.70. The first-order valence-electron chi connectivity index (χ1n) is 8.10. The maximum absolute atomic E-state index is 14.0. The van der Waals surface area contributed by atoms with Gasteiger partial charge in [0.25, 0.3) is 0 Å². The van der Waals surface area contributed by atoms with Crippen molar-refractivity contribution >= 4 is 0 Å². The number of rotatable bonds is 4. The topological polar surface area (TPSA) is 0 Å². The quantitative estimate of drug-likeness (QED) is 0.572. The summed E-state index contributed by atoms with van der Waals surface area (Å²) in [6.07, 6.45) is 1.27. The van der Waals surface area contributed by atoms with E-state index in [4.69, 9.17) is 0 Å². The Morgan fingerprint density at radius 3 is 1.67 bits per heavy atom. The van der Waals surface area contributed by atoms with Gasteiger partial charge in [0, 0.05) is 6.42 Å². The van der Waals surface area contributed by atoms with Gasteiger partial charge < -0.3 is 0 Å². The van der Waals surface area contributed by atoms with E-state index in [0.717, 1.165) is 12.0 Å². The maximum atomic E-state index is 14.0. The summed E-state index contributed by atoms with van der Waals surface area (Å²) in [5.74, 6) is -1.48. The minimum Gasteiger partial charge on any atom is -0.203 e. The van der Waals surface area contributed by atoms with Gasteiger partial charge in [0.15, 0.2) is 11.6 Å². The molecular formula is C22H20F2. The lowest BCUT2D eigenvalue weighted by Crippen LogP contribution is -1.98. The molecule has 0 heterocycles. The van der Waals surface area contributed by atoms with Gasteiger partial charge in [-0.15, -0.1) is 0 Å². The number of aryl methyl sites for hydroxylation is 2. The van der Waals surface area contributed by atoms with Crippen LogP contribution in [-0.2, 0) is 12.8 Å². The summed E-state index contributed by atoms with van der Waals surface area (Å²) in [6, 6.07) is 19.8. The summed E-state index contributed by atoms with van der Waals surface area (Å²) in [5, 5.41) is 0. The van der Waals surface area contributed by atoms with Crippen LogP contribution < -0.4 is 0 Å². The van der Waals surface area contributed by atoms with Gasteiger partial charge in [0.05, 0.1) is 0 Å². The molecule has 0 aliphatic carbocycles. The molecule has 0 aliphatic heterocycles. The zero-order valence-corrected chi connectivity index (χ0v) is 13.9. The molecule has 2 heteroatoms. The molecule has 0 spiro atoms. The van der Waals surface area contributed by atoms with Crippen molar-refractivity contribution in [2.45, 2.75) is 26.7 Å². The van der Waals surface area contributed by atoms with Gasteiger partial charge in [-0.05, 0) is 48.1 Å². The fourth-order valence-corrected chi connectivity index (χ4v) is 2.76. The van der Waals surface area contributed by atoms with Crippen molar-refractivity contribution in [3.8, 4) is 0 Å². The van der Waals surface area contributed by atoms with Gasteiger partial charge in [0.1, 0.15) is 0 Å². The molecular weight excluding hydrogens is 302 g/mol. The second-order valence-corrected chi connectivity index (χ2v) is 6.33. The molecule has 3 aromatic rings. The number of hydrogen-bond acceptors (Lipinski definition) is 0. The molecule has 0 unspecified atom stereocenters. The average Bonchev–Trinajstić information content (AvgIpc) is 2.59. The Balaban J connectivity index is 1.73. The Bertz CT molecular complexity index is 831. The third-order valence-electron chi connectivity index (χ3n) is 4.30. The molecule has 0 N–H and O–H groups in total. The molecule has 0 aliphatic rings. The monoisotopic (exact) mass is 322 g/mol. The van der Waals surface area contributed by atoms with Crippen LogP contribution in [0.3, 0.4) is 0 Å². The van der Waals surface area contributed by atoms with Crippen LogP contribution in [0, 0.1) is 25.5 Å². The highest BCUT2D eigenvalue weighted by atomic mass is 19.2. The lowest BCUT2D eigenvalue weighted by molar-refractivity contribution is 0.495. The summed E-state index contributed by atoms with van der Waals surface area (Å²) < 4.78 is 27.6. The van der Waals surface area contributed by atoms with E-state index in [1.54, 1.807) is 19.1 Å². The SMILES string of the molecule is Cc1ccc(Cc2ccc(Cc3ccc(C)c(F)c3F)cc2)cc1. The molecule has 0 bridgehead atoms. The van der Waals surface area contributed by atoms with E-state index in [-0.39, 0.29) is 0 Å². The van der Waals surface area contributed by atoms with Crippen LogP contribution in [-0.4, -0.2) is 0 Å². The highest BCUT2D eigenvalue weighted by Gasteiger charge is 2.11. The Morgan fingerprint density at radius 2 is 1.08 bits per heavy atom. The lowest BCUT2D eigenvalue weighted by Gasteiger charge is -2.08. The molecule has 24 heavy (non-hydrogen) atoms. The number of halogens is 2. The van der Waals surface area contributed by atoms with E-state index in [1.807, 2.05) is 12.1 Å². The fraction of sp³-hybridized carbons (Fsp3) is 0.182. The molecule has 0 aromatic heterocycles. The molecule has 0 nitrogen and oxygen atoms in total. The van der Waals surface area contributed by atoms with E-state index in [2.05, 4.69) is 43.3 Å². The zero-order valence-electron chi connectivity index (χ0n) is 13.9. The van der Waals surface area contributed by atoms with Crippen molar-refractivity contribution in [3.05, 3.63) is 106 Å². The van der Waals surface area contributed by atoms with Crippen molar-refractivity contribution in [1.82, 2.24) is 0 Å². The van der Waals surface area contributed by atoms with Crippen LogP contribution in [0.25, 0.3) is 0 Å². The van der Waals surface area contributed by atoms with Crippen LogP contribution in [0.2, 0.25) is 0 Å². The maximum Gasteiger partial charge on any atom is 0.162 e. The lowest BCUT2D eigenvalue weighted by atomic mass is 9.99. The first kappa shape index (κ1) is 16.4. The highest BCUT2D eigenvalue weighted by molar-refractivity contribution is 5.34. The summed E-state index contributed by atoms with van der Waals surface area (Å²) in [7, 11) is 0. The van der Waals surface area contributed by atoms with E-state index in [1.165, 1.54) is 16.7 Å². The minimum atomic E-state index is -0.747. The Kier molecular flexibility index (Phi) is 4.75. The Hall–Kier alpha value is -2.48. The smallest absolute Gasteiger partial charge is 0.162 e. The second kappa shape index (κ2) is 6.96. The number of hydrogen-bond donors (Lipinski definition) is 0.